The molecule has 140 valence electrons. The van der Waals surface area contributed by atoms with E-state index in [2.05, 4.69) is 36.1 Å². The molecule has 4 aromatic rings. The van der Waals surface area contributed by atoms with E-state index in [1.54, 1.807) is 36.4 Å². The number of anilines is 1. The molecule has 2 aromatic carbocycles. The molecule has 10 nitrogen and oxygen atoms in total. The molecule has 0 saturated heterocycles. The minimum absolute atomic E-state index is 0.117. The summed E-state index contributed by atoms with van der Waals surface area (Å²) in [6, 6.07) is 11.1. The van der Waals surface area contributed by atoms with Crippen LogP contribution in [0.4, 0.5) is 14.9 Å². The second-order valence-electron chi connectivity index (χ2n) is 5.75. The molecular formula is C17H12FN7O3. The van der Waals surface area contributed by atoms with Gasteiger partial charge in [0.2, 0.25) is 11.7 Å². The van der Waals surface area contributed by atoms with E-state index in [1.807, 2.05) is 0 Å². The molecule has 0 atom stereocenters. The van der Waals surface area contributed by atoms with Crippen LogP contribution in [0.15, 0.2) is 47.0 Å². The van der Waals surface area contributed by atoms with Gasteiger partial charge in [-0.25, -0.2) is 14.3 Å². The molecule has 11 heteroatoms. The Morgan fingerprint density at radius 3 is 2.64 bits per heavy atom. The number of H-pyrrole nitrogens is 1. The van der Waals surface area contributed by atoms with Gasteiger partial charge in [0.05, 0.1) is 6.42 Å². The molecule has 1 amide bonds. The van der Waals surface area contributed by atoms with Crippen LogP contribution in [0.2, 0.25) is 0 Å². The third-order valence-electron chi connectivity index (χ3n) is 3.88. The van der Waals surface area contributed by atoms with Crippen molar-refractivity contribution < 1.29 is 18.8 Å². The number of hydrogen-bond donors (Lipinski definition) is 3. The maximum atomic E-state index is 14.4. The van der Waals surface area contributed by atoms with Crippen molar-refractivity contribution in [2.75, 3.05) is 5.32 Å². The number of rotatable bonds is 5. The van der Waals surface area contributed by atoms with Crippen LogP contribution < -0.4 is 5.32 Å². The third kappa shape index (κ3) is 3.67. The Labute approximate surface area is 156 Å². The fraction of sp³-hybridized carbons (Fsp3) is 0.0588. The van der Waals surface area contributed by atoms with E-state index in [1.165, 1.54) is 6.07 Å². The van der Waals surface area contributed by atoms with Crippen molar-refractivity contribution in [3.63, 3.8) is 0 Å². The molecule has 2 aromatic heterocycles. The van der Waals surface area contributed by atoms with Crippen molar-refractivity contribution in [1.29, 1.82) is 0 Å². The van der Waals surface area contributed by atoms with Crippen molar-refractivity contribution in [2.24, 2.45) is 0 Å². The highest BCUT2D eigenvalue weighted by molar-refractivity contribution is 5.83. The quantitative estimate of drug-likeness (QED) is 0.479. The Hall–Kier alpha value is -4.15. The molecule has 0 spiro atoms. The summed E-state index contributed by atoms with van der Waals surface area (Å²) in [7, 11) is 0. The van der Waals surface area contributed by atoms with Gasteiger partial charge in [0.25, 0.3) is 0 Å². The van der Waals surface area contributed by atoms with E-state index in [9.17, 15) is 9.18 Å². The lowest BCUT2D eigenvalue weighted by atomic mass is 10.1. The molecule has 3 N–H and O–H groups in total. The molecule has 0 saturated carbocycles. The zero-order valence-corrected chi connectivity index (χ0v) is 14.1. The van der Waals surface area contributed by atoms with Crippen LogP contribution >= 0.6 is 0 Å². The summed E-state index contributed by atoms with van der Waals surface area (Å²) >= 11 is 0. The minimum Gasteiger partial charge on any atom is -0.465 e. The Morgan fingerprint density at radius 2 is 1.96 bits per heavy atom. The maximum absolute atomic E-state index is 14.4. The summed E-state index contributed by atoms with van der Waals surface area (Å²) in [5, 5.41) is 28.0. The predicted molar refractivity (Wildman–Crippen MR) is 93.8 cm³/mol. The van der Waals surface area contributed by atoms with Crippen LogP contribution in [-0.2, 0) is 6.42 Å². The number of hydrogen-bond acceptors (Lipinski definition) is 7. The first-order valence-corrected chi connectivity index (χ1v) is 8.04. The average Bonchev–Trinajstić information content (AvgIpc) is 3.36. The molecular weight excluding hydrogens is 369 g/mol. The molecule has 0 bridgehead atoms. The number of carboxylic acid groups (broad SMARTS) is 1. The molecule has 0 aliphatic rings. The van der Waals surface area contributed by atoms with Gasteiger partial charge in [-0.3, -0.25) is 5.32 Å². The number of tetrazole rings is 1. The Morgan fingerprint density at radius 1 is 1.18 bits per heavy atom. The number of nitrogens with zero attached hydrogens (tertiary/aromatic N) is 5. The van der Waals surface area contributed by atoms with Gasteiger partial charge in [0, 0.05) is 16.8 Å². The van der Waals surface area contributed by atoms with Gasteiger partial charge in [-0.1, -0.05) is 17.3 Å². The van der Waals surface area contributed by atoms with Crippen molar-refractivity contribution in [1.82, 2.24) is 30.8 Å². The zero-order chi connectivity index (χ0) is 19.5. The number of aromatic nitrogens is 6. The van der Waals surface area contributed by atoms with E-state index in [-0.39, 0.29) is 12.3 Å². The second-order valence-corrected chi connectivity index (χ2v) is 5.75. The largest absolute Gasteiger partial charge is 0.465 e. The van der Waals surface area contributed by atoms with Crippen molar-refractivity contribution in [2.45, 2.75) is 6.42 Å². The number of amides is 1. The fourth-order valence-electron chi connectivity index (χ4n) is 2.55. The number of carbonyl (C=O) groups is 1. The Balaban J connectivity index is 1.50. The molecule has 0 unspecified atom stereocenters. The number of nitrogens with one attached hydrogen (secondary N) is 2. The maximum Gasteiger partial charge on any atom is 0.409 e. The first kappa shape index (κ1) is 17.3. The summed E-state index contributed by atoms with van der Waals surface area (Å²) in [5.74, 6) is 0.487. The average molecular weight is 381 g/mol. The van der Waals surface area contributed by atoms with Gasteiger partial charge in [-0.15, -0.1) is 5.10 Å². The normalized spacial score (nSPS) is 10.8. The van der Waals surface area contributed by atoms with Crippen molar-refractivity contribution in [3.8, 4) is 22.8 Å². The topological polar surface area (TPSA) is 143 Å². The van der Waals surface area contributed by atoms with E-state index in [0.29, 0.717) is 34.0 Å². The molecule has 4 rings (SSSR count). The molecule has 0 fully saturated rings. The third-order valence-corrected chi connectivity index (χ3v) is 3.88. The summed E-state index contributed by atoms with van der Waals surface area (Å²) in [6.45, 7) is 0. The van der Waals surface area contributed by atoms with Gasteiger partial charge < -0.3 is 9.63 Å². The molecule has 0 radical (unpaired) electrons. The summed E-state index contributed by atoms with van der Waals surface area (Å²) in [5.41, 5.74) is 1.96. The second kappa shape index (κ2) is 7.23. The standard InChI is InChI=1S/C17H12FN7O3/c18-13-7-11(16-21-24-25-22-16)2-1-10(13)8-14-20-15(23-28-14)9-3-5-12(6-4-9)19-17(26)27/h1-7,19H,8H2,(H,26,27)(H,21,22,24,25). The van der Waals surface area contributed by atoms with E-state index in [4.69, 9.17) is 9.63 Å². The van der Waals surface area contributed by atoms with E-state index in [0.717, 1.165) is 0 Å². The lowest BCUT2D eigenvalue weighted by Gasteiger charge is -2.02. The fourth-order valence-corrected chi connectivity index (χ4v) is 2.55. The van der Waals surface area contributed by atoms with Gasteiger partial charge in [-0.2, -0.15) is 4.98 Å². The summed E-state index contributed by atoms with van der Waals surface area (Å²) in [4.78, 5) is 14.9. The monoisotopic (exact) mass is 381 g/mol. The number of benzene rings is 2. The van der Waals surface area contributed by atoms with Gasteiger partial charge in [-0.05, 0) is 46.3 Å². The Bertz CT molecular complexity index is 1110. The molecule has 0 aliphatic carbocycles. The van der Waals surface area contributed by atoms with Crippen LogP contribution in [0.1, 0.15) is 11.5 Å². The van der Waals surface area contributed by atoms with Crippen molar-refractivity contribution >= 4 is 11.8 Å². The van der Waals surface area contributed by atoms with Crippen LogP contribution in [0.5, 0.6) is 0 Å². The SMILES string of the molecule is O=C(O)Nc1ccc(-c2noc(Cc3ccc(-c4nnn[nH]4)cc3F)n2)cc1. The highest BCUT2D eigenvalue weighted by Gasteiger charge is 2.13. The Kier molecular flexibility index (Phi) is 4.46. The molecule has 2 heterocycles. The highest BCUT2D eigenvalue weighted by atomic mass is 19.1. The van der Waals surface area contributed by atoms with E-state index >= 15 is 0 Å². The summed E-state index contributed by atoms with van der Waals surface area (Å²) < 4.78 is 19.6. The van der Waals surface area contributed by atoms with Gasteiger partial charge in [0.15, 0.2) is 5.82 Å². The smallest absolute Gasteiger partial charge is 0.409 e. The number of aromatic amines is 1. The molecule has 0 aliphatic heterocycles. The van der Waals surface area contributed by atoms with E-state index < -0.39 is 11.9 Å². The zero-order valence-electron chi connectivity index (χ0n) is 14.1. The first-order chi connectivity index (χ1) is 13.6. The minimum atomic E-state index is -1.15. The highest BCUT2D eigenvalue weighted by Crippen LogP contribution is 2.22. The predicted octanol–water partition coefficient (Wildman–Crippen LogP) is 2.74. The number of halogens is 1. The van der Waals surface area contributed by atoms with Crippen LogP contribution in [-0.4, -0.2) is 42.0 Å². The van der Waals surface area contributed by atoms with Crippen LogP contribution in [0, 0.1) is 5.82 Å². The van der Waals surface area contributed by atoms with Gasteiger partial charge >= 0.3 is 6.09 Å². The first-order valence-electron chi connectivity index (χ1n) is 8.04. The van der Waals surface area contributed by atoms with Crippen LogP contribution in [0.3, 0.4) is 0 Å². The summed E-state index contributed by atoms with van der Waals surface area (Å²) in [6.07, 6.45) is -1.03. The van der Waals surface area contributed by atoms with Crippen molar-refractivity contribution in [3.05, 3.63) is 59.7 Å². The van der Waals surface area contributed by atoms with Gasteiger partial charge in [0.1, 0.15) is 5.82 Å². The lowest BCUT2D eigenvalue weighted by Crippen LogP contribution is -2.06. The molecule has 28 heavy (non-hydrogen) atoms. The van der Waals surface area contributed by atoms with Crippen LogP contribution in [0.25, 0.3) is 22.8 Å². The lowest BCUT2D eigenvalue weighted by molar-refractivity contribution is 0.209.